The fourth-order valence-electron chi connectivity index (χ4n) is 8.90. The Hall–Kier alpha value is -1.30. The molecule has 4 N–H and O–H groups in total. The predicted octanol–water partition coefficient (Wildman–Crippen LogP) is 13.3. The van der Waals surface area contributed by atoms with Crippen LogP contribution in [0.4, 0.5) is 0 Å². The molecule has 10 heteroatoms. The molecule has 0 radical (unpaired) electrons. The van der Waals surface area contributed by atoms with E-state index < -0.39 is 49.4 Å². The molecule has 1 heterocycles. The Kier molecular flexibility index (Phi) is 43.1. The minimum absolute atomic E-state index is 0.208. The van der Waals surface area contributed by atoms with Gasteiger partial charge in [-0.15, -0.1) is 0 Å². The van der Waals surface area contributed by atoms with Crippen molar-refractivity contribution in [1.82, 2.24) is 0 Å². The smallest absolute Gasteiger partial charge is 0.306 e. The molecule has 1 aliphatic rings. The normalized spacial score (nSPS) is 19.2. The van der Waals surface area contributed by atoms with E-state index in [4.69, 9.17) is 18.9 Å². The first-order valence-electron chi connectivity index (χ1n) is 27.6. The molecule has 1 saturated heterocycles. The van der Waals surface area contributed by atoms with Gasteiger partial charge in [0.25, 0.3) is 0 Å². The van der Waals surface area contributed by atoms with Crippen LogP contribution in [-0.4, -0.2) is 89.0 Å². The lowest BCUT2D eigenvalue weighted by Gasteiger charge is -2.39. The third kappa shape index (κ3) is 35.8. The molecule has 0 aromatic carbocycles. The van der Waals surface area contributed by atoms with Gasteiger partial charge in [0, 0.05) is 12.8 Å². The van der Waals surface area contributed by atoms with Crippen LogP contribution in [0.3, 0.4) is 0 Å². The Morgan fingerprint density at radius 3 is 1.06 bits per heavy atom. The molecular weight excluding hydrogens is 809 g/mol. The summed E-state index contributed by atoms with van der Waals surface area (Å²) in [4.78, 5) is 25.5. The van der Waals surface area contributed by atoms with Crippen molar-refractivity contribution in [2.45, 2.75) is 314 Å². The second-order valence-corrected chi connectivity index (χ2v) is 19.4. The van der Waals surface area contributed by atoms with Crippen molar-refractivity contribution in [2.24, 2.45) is 0 Å². The Labute approximate surface area is 393 Å². The number of unbranched alkanes of at least 4 members (excludes halogenated alkanes) is 37. The summed E-state index contributed by atoms with van der Waals surface area (Å²) in [6.45, 7) is 3.49. The first-order valence-corrected chi connectivity index (χ1v) is 27.6. The molecule has 1 rings (SSSR count). The monoisotopic (exact) mass is 913 g/mol. The number of ether oxygens (including phenoxy) is 4. The molecule has 64 heavy (non-hydrogen) atoms. The molecule has 0 aromatic heterocycles. The highest BCUT2D eigenvalue weighted by atomic mass is 16.7. The summed E-state index contributed by atoms with van der Waals surface area (Å²) >= 11 is 0. The van der Waals surface area contributed by atoms with Crippen molar-refractivity contribution >= 4 is 11.9 Å². The molecule has 2 unspecified atom stereocenters. The SMILES string of the molecule is CCCCCCCCCCCCCCCCCCCCCCCC(=O)O[C@H](COC(=O)CCCCCCCCCCCCCCCCCCCC)CO[C@@H]1O[C@H](CO)[C@H](O)C(O)C1O. The summed E-state index contributed by atoms with van der Waals surface area (Å²) in [5.74, 6) is -0.783. The van der Waals surface area contributed by atoms with Crippen LogP contribution in [0.25, 0.3) is 0 Å². The number of carbonyl (C=O) groups excluding carboxylic acids is 2. The quantitative estimate of drug-likeness (QED) is 0.0343. The minimum atomic E-state index is -1.59. The van der Waals surface area contributed by atoms with Gasteiger partial charge in [-0.25, -0.2) is 0 Å². The summed E-state index contributed by atoms with van der Waals surface area (Å²) in [6, 6.07) is 0. The number of carbonyl (C=O) groups is 2. The Morgan fingerprint density at radius 1 is 0.422 bits per heavy atom. The van der Waals surface area contributed by atoms with Crippen LogP contribution in [0.5, 0.6) is 0 Å². The van der Waals surface area contributed by atoms with Crippen LogP contribution < -0.4 is 0 Å². The van der Waals surface area contributed by atoms with Gasteiger partial charge >= 0.3 is 11.9 Å². The van der Waals surface area contributed by atoms with E-state index in [1.54, 1.807) is 0 Å². The number of hydrogen-bond donors (Lipinski definition) is 4. The van der Waals surface area contributed by atoms with Gasteiger partial charge in [0.15, 0.2) is 12.4 Å². The second kappa shape index (κ2) is 45.5. The second-order valence-electron chi connectivity index (χ2n) is 19.4. The molecule has 0 bridgehead atoms. The topological polar surface area (TPSA) is 152 Å². The van der Waals surface area contributed by atoms with Gasteiger partial charge in [-0.05, 0) is 12.8 Å². The van der Waals surface area contributed by atoms with E-state index in [9.17, 15) is 30.0 Å². The van der Waals surface area contributed by atoms with Crippen molar-refractivity contribution in [2.75, 3.05) is 19.8 Å². The molecule has 1 aliphatic heterocycles. The first kappa shape index (κ1) is 60.7. The average molecular weight is 913 g/mol. The molecule has 380 valence electrons. The maximum absolute atomic E-state index is 12.9. The van der Waals surface area contributed by atoms with Crippen LogP contribution in [0.2, 0.25) is 0 Å². The molecule has 1 fully saturated rings. The molecular formula is C54H104O10. The number of aliphatic hydroxyl groups excluding tert-OH is 4. The number of esters is 2. The van der Waals surface area contributed by atoms with Crippen LogP contribution in [-0.2, 0) is 28.5 Å². The fourth-order valence-corrected chi connectivity index (χ4v) is 8.90. The van der Waals surface area contributed by atoms with Gasteiger partial charge in [0.1, 0.15) is 31.0 Å². The molecule has 0 aliphatic carbocycles. The average Bonchev–Trinajstić information content (AvgIpc) is 3.29. The minimum Gasteiger partial charge on any atom is -0.462 e. The van der Waals surface area contributed by atoms with E-state index in [1.807, 2.05) is 0 Å². The summed E-state index contributed by atoms with van der Waals surface area (Å²) in [7, 11) is 0. The van der Waals surface area contributed by atoms with Crippen molar-refractivity contribution in [3.8, 4) is 0 Å². The summed E-state index contributed by atoms with van der Waals surface area (Å²) in [5.41, 5.74) is 0. The predicted molar refractivity (Wildman–Crippen MR) is 261 cm³/mol. The van der Waals surface area contributed by atoms with Crippen LogP contribution >= 0.6 is 0 Å². The Morgan fingerprint density at radius 2 is 0.734 bits per heavy atom. The highest BCUT2D eigenvalue weighted by Gasteiger charge is 2.44. The number of hydrogen-bond acceptors (Lipinski definition) is 10. The highest BCUT2D eigenvalue weighted by molar-refractivity contribution is 5.70. The van der Waals surface area contributed by atoms with Crippen LogP contribution in [0, 0.1) is 0 Å². The lowest BCUT2D eigenvalue weighted by molar-refractivity contribution is -0.305. The Bertz CT molecular complexity index is 1010. The summed E-state index contributed by atoms with van der Waals surface area (Å²) in [6.07, 6.45) is 42.6. The van der Waals surface area contributed by atoms with Crippen molar-refractivity contribution < 1.29 is 49.0 Å². The van der Waals surface area contributed by atoms with Gasteiger partial charge in [0.05, 0.1) is 13.2 Å². The van der Waals surface area contributed by atoms with E-state index in [2.05, 4.69) is 13.8 Å². The zero-order chi connectivity index (χ0) is 46.6. The van der Waals surface area contributed by atoms with E-state index in [-0.39, 0.29) is 32.0 Å². The van der Waals surface area contributed by atoms with E-state index >= 15 is 0 Å². The number of rotatable bonds is 48. The zero-order valence-electron chi connectivity index (χ0n) is 41.8. The molecule has 0 aromatic rings. The maximum atomic E-state index is 12.9. The molecule has 0 amide bonds. The summed E-state index contributed by atoms with van der Waals surface area (Å²) in [5, 5.41) is 40.3. The third-order valence-electron chi connectivity index (χ3n) is 13.2. The molecule has 6 atom stereocenters. The largest absolute Gasteiger partial charge is 0.462 e. The van der Waals surface area contributed by atoms with Gasteiger partial charge < -0.3 is 39.4 Å². The lowest BCUT2D eigenvalue weighted by atomic mass is 9.99. The van der Waals surface area contributed by atoms with Crippen LogP contribution in [0.1, 0.15) is 277 Å². The molecule has 10 nitrogen and oxygen atoms in total. The van der Waals surface area contributed by atoms with E-state index in [1.165, 1.54) is 212 Å². The van der Waals surface area contributed by atoms with Crippen molar-refractivity contribution in [3.05, 3.63) is 0 Å². The first-order chi connectivity index (χ1) is 31.3. The van der Waals surface area contributed by atoms with Crippen molar-refractivity contribution in [1.29, 1.82) is 0 Å². The number of aliphatic hydroxyl groups is 4. The lowest BCUT2D eigenvalue weighted by Crippen LogP contribution is -2.59. The highest BCUT2D eigenvalue weighted by Crippen LogP contribution is 2.23. The van der Waals surface area contributed by atoms with Gasteiger partial charge in [-0.2, -0.15) is 0 Å². The van der Waals surface area contributed by atoms with Gasteiger partial charge in [-0.1, -0.05) is 251 Å². The summed E-state index contributed by atoms with van der Waals surface area (Å²) < 4.78 is 22.3. The standard InChI is InChI=1S/C54H104O10/c1-3-5-7-9-11-13-15-17-19-21-23-24-25-27-29-31-33-35-37-39-41-43-50(57)63-47(46-62-54-53(60)52(59)51(58)48(44-55)64-54)45-61-49(56)42-40-38-36-34-32-30-28-26-22-20-18-16-14-12-10-8-6-4-2/h47-48,51-55,58-60H,3-46H2,1-2H3/t47-,48-,51+,52?,53?,54-/m1/s1. The third-order valence-corrected chi connectivity index (χ3v) is 13.2. The molecule has 0 saturated carbocycles. The van der Waals surface area contributed by atoms with Crippen molar-refractivity contribution in [3.63, 3.8) is 0 Å². The zero-order valence-corrected chi connectivity index (χ0v) is 41.8. The van der Waals surface area contributed by atoms with E-state index in [0.29, 0.717) is 6.42 Å². The fraction of sp³-hybridized carbons (Fsp3) is 0.963. The molecule has 0 spiro atoms. The van der Waals surface area contributed by atoms with Gasteiger partial charge in [-0.3, -0.25) is 9.59 Å². The Balaban J connectivity index is 2.20. The van der Waals surface area contributed by atoms with Gasteiger partial charge in [0.2, 0.25) is 0 Å². The van der Waals surface area contributed by atoms with E-state index in [0.717, 1.165) is 32.1 Å². The maximum Gasteiger partial charge on any atom is 0.306 e. The van der Waals surface area contributed by atoms with Crippen LogP contribution in [0.15, 0.2) is 0 Å².